The quantitative estimate of drug-likeness (QED) is 0.508. The van der Waals surface area contributed by atoms with Crippen LogP contribution in [0.2, 0.25) is 10.0 Å². The minimum atomic E-state index is -1.05. The van der Waals surface area contributed by atoms with Gasteiger partial charge < -0.3 is 5.11 Å². The van der Waals surface area contributed by atoms with Gasteiger partial charge in [0.2, 0.25) is 0 Å². The van der Waals surface area contributed by atoms with E-state index in [0.717, 1.165) is 36.1 Å². The van der Waals surface area contributed by atoms with Crippen molar-refractivity contribution in [3.05, 3.63) is 80.8 Å². The highest BCUT2D eigenvalue weighted by Crippen LogP contribution is 2.38. The minimum Gasteiger partial charge on any atom is -0.476 e. The van der Waals surface area contributed by atoms with Crippen LogP contribution in [-0.2, 0) is 12.8 Å². The first-order valence-corrected chi connectivity index (χ1v) is 10.2. The highest BCUT2D eigenvalue weighted by atomic mass is 35.5. The molecule has 4 nitrogen and oxygen atoms in total. The standard InChI is InChI=1S/C22H19Cl2FN2O2/c23-15-7-10-19(18(24)12-15)27-21-14(11-13-5-8-16(25)9-6-13)3-1-2-4-17(21)20(26-27)22(28)29/h5-10,12,14H,1-4,11H2,(H,28,29). The number of hydrogen-bond donors (Lipinski definition) is 1. The predicted molar refractivity (Wildman–Crippen MR) is 111 cm³/mol. The average Bonchev–Trinajstić information content (AvgIpc) is 2.93. The van der Waals surface area contributed by atoms with E-state index in [9.17, 15) is 14.3 Å². The number of rotatable bonds is 4. The van der Waals surface area contributed by atoms with Gasteiger partial charge in [0.05, 0.1) is 16.4 Å². The molecule has 29 heavy (non-hydrogen) atoms. The average molecular weight is 433 g/mol. The molecule has 1 unspecified atom stereocenters. The molecule has 1 heterocycles. The van der Waals surface area contributed by atoms with Gasteiger partial charge in [0.15, 0.2) is 5.69 Å². The summed E-state index contributed by atoms with van der Waals surface area (Å²) in [4.78, 5) is 11.9. The number of benzene rings is 2. The summed E-state index contributed by atoms with van der Waals surface area (Å²) < 4.78 is 15.0. The van der Waals surface area contributed by atoms with Crippen molar-refractivity contribution < 1.29 is 14.3 Å². The Morgan fingerprint density at radius 1 is 1.17 bits per heavy atom. The van der Waals surface area contributed by atoms with Gasteiger partial charge in [-0.3, -0.25) is 0 Å². The molecule has 1 aromatic heterocycles. The summed E-state index contributed by atoms with van der Waals surface area (Å²) in [5, 5.41) is 15.1. The normalized spacial score (nSPS) is 16.3. The fourth-order valence-electron chi connectivity index (χ4n) is 4.07. The maximum absolute atomic E-state index is 13.3. The molecule has 4 rings (SSSR count). The molecule has 0 saturated carbocycles. The van der Waals surface area contributed by atoms with Crippen LogP contribution in [0.4, 0.5) is 4.39 Å². The number of carbonyl (C=O) groups is 1. The van der Waals surface area contributed by atoms with Gasteiger partial charge in [-0.25, -0.2) is 13.9 Å². The third-order valence-electron chi connectivity index (χ3n) is 5.38. The minimum absolute atomic E-state index is 0.0466. The molecule has 0 amide bonds. The van der Waals surface area contributed by atoms with Crippen LogP contribution in [0.3, 0.4) is 0 Å². The van der Waals surface area contributed by atoms with Gasteiger partial charge in [0.25, 0.3) is 0 Å². The van der Waals surface area contributed by atoms with Crippen molar-refractivity contribution >= 4 is 29.2 Å². The van der Waals surface area contributed by atoms with Gasteiger partial charge in [-0.1, -0.05) is 41.8 Å². The van der Waals surface area contributed by atoms with Gasteiger partial charge in [0, 0.05) is 16.5 Å². The summed E-state index contributed by atoms with van der Waals surface area (Å²) in [5.41, 5.74) is 3.29. The molecule has 0 aliphatic heterocycles. The molecule has 0 fully saturated rings. The molecule has 0 saturated heterocycles. The highest BCUT2D eigenvalue weighted by Gasteiger charge is 2.30. The molecule has 0 radical (unpaired) electrons. The second-order valence-corrected chi connectivity index (χ2v) is 8.14. The number of fused-ring (bicyclic) bond motifs is 1. The van der Waals surface area contributed by atoms with E-state index in [2.05, 4.69) is 5.10 Å². The molecule has 1 N–H and O–H groups in total. The third kappa shape index (κ3) is 4.02. The lowest BCUT2D eigenvalue weighted by Crippen LogP contribution is -2.11. The lowest BCUT2D eigenvalue weighted by Gasteiger charge is -2.19. The Morgan fingerprint density at radius 3 is 2.62 bits per heavy atom. The van der Waals surface area contributed by atoms with E-state index < -0.39 is 5.97 Å². The van der Waals surface area contributed by atoms with Crippen molar-refractivity contribution in [2.24, 2.45) is 0 Å². The van der Waals surface area contributed by atoms with Crippen LogP contribution in [0.25, 0.3) is 5.69 Å². The molecule has 0 bridgehead atoms. The highest BCUT2D eigenvalue weighted by molar-refractivity contribution is 6.35. The van der Waals surface area contributed by atoms with Crippen molar-refractivity contribution in [3.8, 4) is 5.69 Å². The van der Waals surface area contributed by atoms with Gasteiger partial charge in [0.1, 0.15) is 5.82 Å². The number of halogens is 3. The first-order valence-electron chi connectivity index (χ1n) is 9.49. The zero-order valence-electron chi connectivity index (χ0n) is 15.5. The van der Waals surface area contributed by atoms with Crippen molar-refractivity contribution in [3.63, 3.8) is 0 Å². The fraction of sp³-hybridized carbons (Fsp3) is 0.273. The summed E-state index contributed by atoms with van der Waals surface area (Å²) in [6.07, 6.45) is 4.09. The van der Waals surface area contributed by atoms with Crippen LogP contribution in [0, 0.1) is 5.82 Å². The Kier molecular flexibility index (Phi) is 5.61. The van der Waals surface area contributed by atoms with Crippen LogP contribution in [-0.4, -0.2) is 20.9 Å². The monoisotopic (exact) mass is 432 g/mol. The van der Waals surface area contributed by atoms with Crippen LogP contribution in [0.15, 0.2) is 42.5 Å². The number of hydrogen-bond acceptors (Lipinski definition) is 2. The summed E-state index contributed by atoms with van der Waals surface area (Å²) in [6, 6.07) is 11.5. The first-order chi connectivity index (χ1) is 13.9. The Morgan fingerprint density at radius 2 is 1.93 bits per heavy atom. The maximum atomic E-state index is 13.3. The number of nitrogens with zero attached hydrogens (tertiary/aromatic N) is 2. The van der Waals surface area contributed by atoms with Crippen LogP contribution in [0.1, 0.15) is 52.5 Å². The Bertz CT molecular complexity index is 1060. The van der Waals surface area contributed by atoms with Gasteiger partial charge in [-0.15, -0.1) is 0 Å². The second-order valence-electron chi connectivity index (χ2n) is 7.30. The van der Waals surface area contributed by atoms with Crippen molar-refractivity contribution in [1.29, 1.82) is 0 Å². The van der Waals surface area contributed by atoms with Crippen molar-refractivity contribution in [2.45, 2.75) is 38.0 Å². The summed E-state index contributed by atoms with van der Waals surface area (Å²) in [6.45, 7) is 0. The van der Waals surface area contributed by atoms with Gasteiger partial charge >= 0.3 is 5.97 Å². The number of carboxylic acid groups (broad SMARTS) is 1. The largest absolute Gasteiger partial charge is 0.476 e. The van der Waals surface area contributed by atoms with Crippen LogP contribution in [0.5, 0.6) is 0 Å². The van der Waals surface area contributed by atoms with E-state index in [-0.39, 0.29) is 17.4 Å². The van der Waals surface area contributed by atoms with Crippen molar-refractivity contribution in [2.75, 3.05) is 0 Å². The number of carboxylic acids is 1. The summed E-state index contributed by atoms with van der Waals surface area (Å²) in [5.74, 6) is -1.28. The Labute approximate surface area is 177 Å². The van der Waals surface area contributed by atoms with E-state index >= 15 is 0 Å². The topological polar surface area (TPSA) is 55.1 Å². The van der Waals surface area contributed by atoms with E-state index in [1.807, 2.05) is 0 Å². The Balaban J connectivity index is 1.86. The SMILES string of the molecule is O=C(O)c1nn(-c2ccc(Cl)cc2Cl)c2c1CCCCC2Cc1ccc(F)cc1. The molecule has 150 valence electrons. The van der Waals surface area contributed by atoms with E-state index in [1.54, 1.807) is 35.0 Å². The molecular formula is C22H19Cl2FN2O2. The van der Waals surface area contributed by atoms with E-state index in [0.29, 0.717) is 28.6 Å². The zero-order valence-corrected chi connectivity index (χ0v) is 17.0. The summed E-state index contributed by atoms with van der Waals surface area (Å²) >= 11 is 12.5. The molecule has 1 aliphatic rings. The lowest BCUT2D eigenvalue weighted by molar-refractivity contribution is 0.0688. The number of aromatic carboxylic acids is 1. The van der Waals surface area contributed by atoms with Crippen molar-refractivity contribution in [1.82, 2.24) is 9.78 Å². The third-order valence-corrected chi connectivity index (χ3v) is 5.91. The smallest absolute Gasteiger partial charge is 0.356 e. The fourth-order valence-corrected chi connectivity index (χ4v) is 4.56. The maximum Gasteiger partial charge on any atom is 0.356 e. The first kappa shape index (κ1) is 19.9. The summed E-state index contributed by atoms with van der Waals surface area (Å²) in [7, 11) is 0. The van der Waals surface area contributed by atoms with Gasteiger partial charge in [-0.2, -0.15) is 5.10 Å². The molecule has 3 aromatic rings. The van der Waals surface area contributed by atoms with E-state index in [4.69, 9.17) is 23.2 Å². The molecule has 7 heteroatoms. The number of aromatic nitrogens is 2. The molecule has 1 aliphatic carbocycles. The second kappa shape index (κ2) is 8.17. The predicted octanol–water partition coefficient (Wildman–Crippen LogP) is 6.07. The van der Waals surface area contributed by atoms with Crippen LogP contribution >= 0.6 is 23.2 Å². The lowest BCUT2D eigenvalue weighted by atomic mass is 9.91. The Hall–Kier alpha value is -2.37. The molecule has 0 spiro atoms. The molecular weight excluding hydrogens is 414 g/mol. The van der Waals surface area contributed by atoms with Gasteiger partial charge in [-0.05, 0) is 61.6 Å². The molecule has 1 atom stereocenters. The van der Waals surface area contributed by atoms with Crippen LogP contribution < -0.4 is 0 Å². The van der Waals surface area contributed by atoms with E-state index in [1.165, 1.54) is 12.1 Å². The zero-order chi connectivity index (χ0) is 20.5. The molecule has 2 aromatic carbocycles.